The molecule has 0 saturated carbocycles. The second-order valence-electron chi connectivity index (χ2n) is 4.92. The summed E-state index contributed by atoms with van der Waals surface area (Å²) in [4.78, 5) is 11.6. The summed E-state index contributed by atoms with van der Waals surface area (Å²) in [6.07, 6.45) is -0.539. The Balaban J connectivity index is 2.37. The number of halogens is 1. The quantitative estimate of drug-likeness (QED) is 0.859. The van der Waals surface area contributed by atoms with E-state index in [-0.39, 0.29) is 13.0 Å². The number of rotatable bonds is 4. The van der Waals surface area contributed by atoms with Gasteiger partial charge in [0.1, 0.15) is 11.4 Å². The minimum Gasteiger partial charge on any atom is -0.497 e. The molecule has 0 bridgehead atoms. The van der Waals surface area contributed by atoms with Gasteiger partial charge < -0.3 is 14.6 Å². The number of benzene rings is 1. The summed E-state index contributed by atoms with van der Waals surface area (Å²) in [5, 5.41) is 10.6. The molecule has 1 aliphatic rings. The molecular formula is C15H19FO4. The molecule has 20 heavy (non-hydrogen) atoms. The molecule has 1 N–H and O–H groups in total. The van der Waals surface area contributed by atoms with E-state index >= 15 is 0 Å². The van der Waals surface area contributed by atoms with E-state index in [1.54, 1.807) is 32.2 Å². The molecule has 2 atom stereocenters. The van der Waals surface area contributed by atoms with E-state index in [2.05, 4.69) is 4.74 Å². The van der Waals surface area contributed by atoms with E-state index in [0.29, 0.717) is 17.7 Å². The first kappa shape index (κ1) is 14.8. The van der Waals surface area contributed by atoms with Crippen molar-refractivity contribution in [3.8, 4) is 5.75 Å². The van der Waals surface area contributed by atoms with Crippen molar-refractivity contribution < 1.29 is 23.8 Å². The Labute approximate surface area is 117 Å². The van der Waals surface area contributed by atoms with Gasteiger partial charge in [0.2, 0.25) is 6.17 Å². The molecule has 1 aromatic rings. The van der Waals surface area contributed by atoms with Gasteiger partial charge in [-0.25, -0.2) is 9.18 Å². The Hall–Kier alpha value is -1.62. The van der Waals surface area contributed by atoms with E-state index in [1.165, 1.54) is 0 Å². The van der Waals surface area contributed by atoms with Gasteiger partial charge in [-0.1, -0.05) is 6.07 Å². The topological polar surface area (TPSA) is 55.8 Å². The van der Waals surface area contributed by atoms with Crippen molar-refractivity contribution in [3.05, 3.63) is 29.3 Å². The molecule has 0 heterocycles. The highest BCUT2D eigenvalue weighted by Gasteiger charge is 2.47. The monoisotopic (exact) mass is 282 g/mol. The van der Waals surface area contributed by atoms with Crippen LogP contribution in [0.5, 0.6) is 5.75 Å². The number of aliphatic hydroxyl groups is 1. The third-order valence-electron chi connectivity index (χ3n) is 3.70. The number of alkyl halides is 1. The lowest BCUT2D eigenvalue weighted by Gasteiger charge is -2.36. The van der Waals surface area contributed by atoms with Crippen LogP contribution in [-0.2, 0) is 21.6 Å². The van der Waals surface area contributed by atoms with Crippen LogP contribution in [0.1, 0.15) is 30.9 Å². The van der Waals surface area contributed by atoms with Crippen molar-refractivity contribution in [2.45, 2.75) is 38.0 Å². The second-order valence-corrected chi connectivity index (χ2v) is 4.92. The first-order valence-electron chi connectivity index (χ1n) is 6.73. The SMILES string of the molecule is CCOC(=O)C(F)C1(O)CCCc2cc(OC)ccc21. The van der Waals surface area contributed by atoms with E-state index in [9.17, 15) is 14.3 Å². The Morgan fingerprint density at radius 2 is 2.30 bits per heavy atom. The predicted molar refractivity (Wildman–Crippen MR) is 71.4 cm³/mol. The summed E-state index contributed by atoms with van der Waals surface area (Å²) in [7, 11) is 1.55. The van der Waals surface area contributed by atoms with Crippen LogP contribution in [-0.4, -0.2) is 31.0 Å². The van der Waals surface area contributed by atoms with Gasteiger partial charge in [-0.15, -0.1) is 0 Å². The number of carbonyl (C=O) groups excluding carboxylic acids is 1. The molecule has 110 valence electrons. The fraction of sp³-hybridized carbons (Fsp3) is 0.533. The van der Waals surface area contributed by atoms with Crippen LogP contribution >= 0.6 is 0 Å². The first-order chi connectivity index (χ1) is 9.52. The molecule has 0 aliphatic heterocycles. The zero-order chi connectivity index (χ0) is 14.8. The number of carbonyl (C=O) groups is 1. The maximum atomic E-state index is 14.4. The second kappa shape index (κ2) is 5.79. The summed E-state index contributed by atoms with van der Waals surface area (Å²) in [6.45, 7) is 1.69. The van der Waals surface area contributed by atoms with E-state index in [4.69, 9.17) is 4.74 Å². The largest absolute Gasteiger partial charge is 0.497 e. The summed E-state index contributed by atoms with van der Waals surface area (Å²) >= 11 is 0. The van der Waals surface area contributed by atoms with Crippen molar-refractivity contribution in [3.63, 3.8) is 0 Å². The standard InChI is InChI=1S/C15H19FO4/c1-3-20-14(17)13(16)15(18)8-4-5-10-9-11(19-2)6-7-12(10)15/h6-7,9,13,18H,3-5,8H2,1-2H3. The van der Waals surface area contributed by atoms with E-state index in [1.807, 2.05) is 0 Å². The maximum absolute atomic E-state index is 14.4. The van der Waals surface area contributed by atoms with Gasteiger partial charge >= 0.3 is 5.97 Å². The average molecular weight is 282 g/mol. The molecule has 4 nitrogen and oxygen atoms in total. The van der Waals surface area contributed by atoms with Gasteiger partial charge in [-0.05, 0) is 49.4 Å². The number of aryl methyl sites for hydroxylation is 1. The number of methoxy groups -OCH3 is 1. The van der Waals surface area contributed by atoms with Crippen LogP contribution in [0, 0.1) is 0 Å². The van der Waals surface area contributed by atoms with Gasteiger partial charge in [-0.2, -0.15) is 0 Å². The lowest BCUT2D eigenvalue weighted by molar-refractivity contribution is -0.163. The molecule has 0 saturated heterocycles. The Morgan fingerprint density at radius 1 is 1.55 bits per heavy atom. The molecule has 0 spiro atoms. The molecule has 1 aliphatic carbocycles. The normalized spacial score (nSPS) is 22.8. The van der Waals surface area contributed by atoms with Gasteiger partial charge in [0.05, 0.1) is 13.7 Å². The molecule has 0 aromatic heterocycles. The minimum atomic E-state index is -2.07. The van der Waals surface area contributed by atoms with Gasteiger partial charge in [0, 0.05) is 0 Å². The molecule has 5 heteroatoms. The third-order valence-corrected chi connectivity index (χ3v) is 3.70. The zero-order valence-electron chi connectivity index (χ0n) is 11.7. The van der Waals surface area contributed by atoms with Gasteiger partial charge in [0.25, 0.3) is 0 Å². The van der Waals surface area contributed by atoms with Crippen LogP contribution in [0.3, 0.4) is 0 Å². The summed E-state index contributed by atoms with van der Waals surface area (Å²) in [5.41, 5.74) is -0.554. The summed E-state index contributed by atoms with van der Waals surface area (Å²) in [6, 6.07) is 5.06. The number of fused-ring (bicyclic) bond motifs is 1. The van der Waals surface area contributed by atoms with Crippen molar-refractivity contribution >= 4 is 5.97 Å². The lowest BCUT2D eigenvalue weighted by Crippen LogP contribution is -2.45. The van der Waals surface area contributed by atoms with Crippen LogP contribution in [0.25, 0.3) is 0 Å². The predicted octanol–water partition coefficient (Wildman–Crippen LogP) is 2.12. The Bertz CT molecular complexity index is 503. The van der Waals surface area contributed by atoms with Crippen molar-refractivity contribution in [2.75, 3.05) is 13.7 Å². The first-order valence-corrected chi connectivity index (χ1v) is 6.73. The van der Waals surface area contributed by atoms with Crippen molar-refractivity contribution in [1.82, 2.24) is 0 Å². The number of ether oxygens (including phenoxy) is 2. The third kappa shape index (κ3) is 2.50. The van der Waals surface area contributed by atoms with E-state index in [0.717, 1.165) is 12.0 Å². The van der Waals surface area contributed by atoms with Crippen LogP contribution in [0.4, 0.5) is 4.39 Å². The maximum Gasteiger partial charge on any atom is 0.344 e. The summed E-state index contributed by atoms with van der Waals surface area (Å²) in [5.74, 6) is -0.363. The Morgan fingerprint density at radius 3 is 2.95 bits per heavy atom. The highest BCUT2D eigenvalue weighted by molar-refractivity contribution is 5.76. The van der Waals surface area contributed by atoms with E-state index < -0.39 is 17.7 Å². The van der Waals surface area contributed by atoms with Crippen molar-refractivity contribution in [2.24, 2.45) is 0 Å². The smallest absolute Gasteiger partial charge is 0.344 e. The molecule has 0 amide bonds. The van der Waals surface area contributed by atoms with Crippen LogP contribution in [0.2, 0.25) is 0 Å². The molecule has 0 radical (unpaired) electrons. The van der Waals surface area contributed by atoms with Crippen LogP contribution in [0.15, 0.2) is 18.2 Å². The van der Waals surface area contributed by atoms with Crippen molar-refractivity contribution in [1.29, 1.82) is 0 Å². The highest BCUT2D eigenvalue weighted by Crippen LogP contribution is 2.40. The fourth-order valence-corrected chi connectivity index (χ4v) is 2.68. The molecule has 1 aromatic carbocycles. The van der Waals surface area contributed by atoms with Gasteiger partial charge in [-0.3, -0.25) is 0 Å². The average Bonchev–Trinajstić information content (AvgIpc) is 2.46. The molecule has 2 rings (SSSR count). The Kier molecular flexibility index (Phi) is 4.28. The fourth-order valence-electron chi connectivity index (χ4n) is 2.68. The zero-order valence-corrected chi connectivity index (χ0v) is 11.7. The van der Waals surface area contributed by atoms with Crippen LogP contribution < -0.4 is 4.74 Å². The minimum absolute atomic E-state index is 0.0881. The summed E-state index contributed by atoms with van der Waals surface area (Å²) < 4.78 is 24.2. The lowest BCUT2D eigenvalue weighted by atomic mass is 9.76. The number of hydrogen-bond acceptors (Lipinski definition) is 4. The number of esters is 1. The molecular weight excluding hydrogens is 263 g/mol. The number of hydrogen-bond donors (Lipinski definition) is 1. The molecule has 0 fully saturated rings. The van der Waals surface area contributed by atoms with Gasteiger partial charge in [0.15, 0.2) is 0 Å². The highest BCUT2D eigenvalue weighted by atomic mass is 19.1. The molecule has 2 unspecified atom stereocenters.